The van der Waals surface area contributed by atoms with E-state index in [4.69, 9.17) is 4.74 Å². The smallest absolute Gasteiger partial charge is 0.342 e. The van der Waals surface area contributed by atoms with Crippen LogP contribution in [0.3, 0.4) is 0 Å². The van der Waals surface area contributed by atoms with Crippen molar-refractivity contribution in [3.63, 3.8) is 0 Å². The Labute approximate surface area is 127 Å². The second kappa shape index (κ2) is 7.48. The molecular formula is C14H18N2O6. The van der Waals surface area contributed by atoms with Gasteiger partial charge in [0.05, 0.1) is 24.5 Å². The summed E-state index contributed by atoms with van der Waals surface area (Å²) in [5.74, 6) is -2.45. The third-order valence-electron chi connectivity index (χ3n) is 3.03. The summed E-state index contributed by atoms with van der Waals surface area (Å²) in [7, 11) is 0. The van der Waals surface area contributed by atoms with Crippen LogP contribution in [0.5, 0.6) is 0 Å². The molecule has 0 radical (unpaired) electrons. The molecule has 1 aromatic heterocycles. The zero-order chi connectivity index (χ0) is 16.9. The molecule has 8 nitrogen and oxygen atoms in total. The summed E-state index contributed by atoms with van der Waals surface area (Å²) in [5.41, 5.74) is 0.892. The molecule has 1 heterocycles. The number of aromatic nitrogens is 1. The lowest BCUT2D eigenvalue weighted by Crippen LogP contribution is -2.30. The van der Waals surface area contributed by atoms with E-state index in [0.717, 1.165) is 0 Å². The molecule has 0 aliphatic carbocycles. The third kappa shape index (κ3) is 3.38. The van der Waals surface area contributed by atoms with E-state index in [2.05, 4.69) is 14.9 Å². The number of ether oxygens (including phenoxy) is 2. The van der Waals surface area contributed by atoms with Crippen molar-refractivity contribution in [3.8, 4) is 0 Å². The number of ketones is 1. The van der Waals surface area contributed by atoms with Crippen LogP contribution < -0.4 is 0 Å². The second-order valence-corrected chi connectivity index (χ2v) is 4.47. The minimum atomic E-state index is -1.80. The third-order valence-corrected chi connectivity index (χ3v) is 3.03. The standard InChI is InChI=1S/C14H18N2O6/c1-5-21-13(18)9-7(3)10(15-8(9)4)12(17)11(16-20)14(19)22-6-2/h11,15H,5-6H2,1-4H3. The lowest BCUT2D eigenvalue weighted by molar-refractivity contribution is -0.143. The fourth-order valence-corrected chi connectivity index (χ4v) is 2.06. The van der Waals surface area contributed by atoms with Gasteiger partial charge in [0.25, 0.3) is 6.04 Å². The summed E-state index contributed by atoms with van der Waals surface area (Å²) < 4.78 is 9.55. The largest absolute Gasteiger partial charge is 0.464 e. The van der Waals surface area contributed by atoms with Gasteiger partial charge >= 0.3 is 11.9 Å². The summed E-state index contributed by atoms with van der Waals surface area (Å²) in [5, 5.41) is 2.53. The molecule has 0 aliphatic rings. The van der Waals surface area contributed by atoms with Crippen LogP contribution in [0.15, 0.2) is 5.18 Å². The molecule has 1 N–H and O–H groups in total. The van der Waals surface area contributed by atoms with E-state index in [1.54, 1.807) is 20.8 Å². The number of aromatic amines is 1. The number of Topliss-reactive ketones (excluding diaryl/α,β-unsaturated/α-hetero) is 1. The van der Waals surface area contributed by atoms with Gasteiger partial charge in [-0.25, -0.2) is 9.59 Å². The zero-order valence-corrected chi connectivity index (χ0v) is 12.9. The molecule has 0 amide bonds. The molecule has 22 heavy (non-hydrogen) atoms. The normalized spacial score (nSPS) is 11.6. The van der Waals surface area contributed by atoms with Crippen LogP contribution in [0.2, 0.25) is 0 Å². The van der Waals surface area contributed by atoms with Crippen molar-refractivity contribution in [2.45, 2.75) is 33.7 Å². The number of hydrogen-bond donors (Lipinski definition) is 1. The van der Waals surface area contributed by atoms with E-state index < -0.39 is 23.8 Å². The Balaban J connectivity index is 3.19. The van der Waals surface area contributed by atoms with E-state index in [9.17, 15) is 19.3 Å². The number of aryl methyl sites for hydroxylation is 1. The van der Waals surface area contributed by atoms with Gasteiger partial charge in [0, 0.05) is 5.69 Å². The summed E-state index contributed by atoms with van der Waals surface area (Å²) in [4.78, 5) is 49.2. The Morgan fingerprint density at radius 2 is 1.73 bits per heavy atom. The Morgan fingerprint density at radius 3 is 2.23 bits per heavy atom. The Hall–Kier alpha value is -2.51. The molecule has 0 spiro atoms. The minimum absolute atomic E-state index is 0.0228. The first-order valence-electron chi connectivity index (χ1n) is 6.78. The van der Waals surface area contributed by atoms with Crippen molar-refractivity contribution in [2.24, 2.45) is 5.18 Å². The fraction of sp³-hybridized carbons (Fsp3) is 0.500. The van der Waals surface area contributed by atoms with E-state index in [1.165, 1.54) is 6.92 Å². The van der Waals surface area contributed by atoms with E-state index in [-0.39, 0.29) is 24.5 Å². The van der Waals surface area contributed by atoms with Gasteiger partial charge in [-0.15, -0.1) is 4.91 Å². The number of H-pyrrole nitrogens is 1. The van der Waals surface area contributed by atoms with Crippen molar-refractivity contribution in [3.05, 3.63) is 27.4 Å². The number of carbonyl (C=O) groups is 3. The zero-order valence-electron chi connectivity index (χ0n) is 12.9. The van der Waals surface area contributed by atoms with Crippen molar-refractivity contribution in [1.29, 1.82) is 0 Å². The lowest BCUT2D eigenvalue weighted by Gasteiger charge is -2.07. The van der Waals surface area contributed by atoms with Gasteiger partial charge < -0.3 is 14.5 Å². The molecular weight excluding hydrogens is 292 g/mol. The van der Waals surface area contributed by atoms with Crippen LogP contribution in [-0.2, 0) is 14.3 Å². The van der Waals surface area contributed by atoms with Crippen LogP contribution in [0.1, 0.15) is 46.0 Å². The number of rotatable bonds is 7. The number of esters is 2. The molecule has 0 aliphatic heterocycles. The first kappa shape index (κ1) is 17.5. The molecule has 8 heteroatoms. The van der Waals surface area contributed by atoms with Crippen LogP contribution in [0.4, 0.5) is 0 Å². The van der Waals surface area contributed by atoms with Gasteiger partial charge in [-0.3, -0.25) is 4.79 Å². The molecule has 0 saturated heterocycles. The average Bonchev–Trinajstić information content (AvgIpc) is 2.75. The minimum Gasteiger partial charge on any atom is -0.464 e. The van der Waals surface area contributed by atoms with Crippen molar-refractivity contribution < 1.29 is 23.9 Å². The Bertz CT molecular complexity index is 605. The number of nitroso groups, excluding NO2 is 1. The molecule has 1 aromatic rings. The van der Waals surface area contributed by atoms with Crippen LogP contribution in [0.25, 0.3) is 0 Å². The second-order valence-electron chi connectivity index (χ2n) is 4.47. The maximum atomic E-state index is 12.3. The number of carbonyl (C=O) groups excluding carboxylic acids is 3. The van der Waals surface area contributed by atoms with Crippen molar-refractivity contribution in [2.75, 3.05) is 13.2 Å². The highest BCUT2D eigenvalue weighted by Gasteiger charge is 2.34. The molecule has 120 valence electrons. The fourth-order valence-electron chi connectivity index (χ4n) is 2.06. The Morgan fingerprint density at radius 1 is 1.14 bits per heavy atom. The molecule has 0 saturated carbocycles. The number of hydrogen-bond acceptors (Lipinski definition) is 7. The van der Waals surface area contributed by atoms with Gasteiger partial charge in [0.2, 0.25) is 5.78 Å². The highest BCUT2D eigenvalue weighted by molar-refractivity contribution is 6.13. The lowest BCUT2D eigenvalue weighted by atomic mass is 10.0. The number of nitrogens with one attached hydrogen (secondary N) is 1. The van der Waals surface area contributed by atoms with E-state index >= 15 is 0 Å². The maximum absolute atomic E-state index is 12.3. The van der Waals surface area contributed by atoms with Gasteiger partial charge in [0.1, 0.15) is 0 Å². The maximum Gasteiger partial charge on any atom is 0.342 e. The quantitative estimate of drug-likeness (QED) is 0.354. The highest BCUT2D eigenvalue weighted by Crippen LogP contribution is 2.21. The van der Waals surface area contributed by atoms with Gasteiger partial charge in [-0.2, -0.15) is 0 Å². The van der Waals surface area contributed by atoms with Crippen LogP contribution >= 0.6 is 0 Å². The molecule has 0 fully saturated rings. The molecule has 1 unspecified atom stereocenters. The first-order valence-corrected chi connectivity index (χ1v) is 6.78. The SMILES string of the molecule is CCOC(=O)c1c(C)[nH]c(C(=O)C(N=O)C(=O)OCC)c1C. The number of nitrogens with zero attached hydrogens (tertiary/aromatic N) is 1. The summed E-state index contributed by atoms with van der Waals surface area (Å²) in [6.07, 6.45) is 0. The predicted molar refractivity (Wildman–Crippen MR) is 76.8 cm³/mol. The summed E-state index contributed by atoms with van der Waals surface area (Å²) in [6.45, 7) is 6.53. The van der Waals surface area contributed by atoms with Gasteiger partial charge in [0.15, 0.2) is 0 Å². The van der Waals surface area contributed by atoms with Crippen molar-refractivity contribution in [1.82, 2.24) is 4.98 Å². The molecule has 0 bridgehead atoms. The molecule has 1 rings (SSSR count). The van der Waals surface area contributed by atoms with E-state index in [1.807, 2.05) is 0 Å². The van der Waals surface area contributed by atoms with Crippen LogP contribution in [0, 0.1) is 18.8 Å². The van der Waals surface area contributed by atoms with Crippen molar-refractivity contribution >= 4 is 17.7 Å². The van der Waals surface area contributed by atoms with E-state index in [0.29, 0.717) is 11.3 Å². The highest BCUT2D eigenvalue weighted by atomic mass is 16.5. The predicted octanol–water partition coefficient (Wildman–Crippen LogP) is 1.69. The van der Waals surface area contributed by atoms with Gasteiger partial charge in [-0.05, 0) is 38.4 Å². The molecule has 1 atom stereocenters. The summed E-state index contributed by atoms with van der Waals surface area (Å²) in [6, 6.07) is -1.80. The molecule has 0 aromatic carbocycles. The van der Waals surface area contributed by atoms with Crippen LogP contribution in [-0.4, -0.2) is 42.0 Å². The van der Waals surface area contributed by atoms with Gasteiger partial charge in [-0.1, -0.05) is 0 Å². The average molecular weight is 310 g/mol. The monoisotopic (exact) mass is 310 g/mol. The topological polar surface area (TPSA) is 115 Å². The first-order chi connectivity index (χ1) is 10.4. The summed E-state index contributed by atoms with van der Waals surface area (Å²) >= 11 is 0. The Kier molecular flexibility index (Phi) is 5.97.